The number of anilines is 2. The van der Waals surface area contributed by atoms with Gasteiger partial charge in [0.1, 0.15) is 6.73 Å². The van der Waals surface area contributed by atoms with E-state index in [4.69, 9.17) is 4.74 Å². The van der Waals surface area contributed by atoms with Crippen molar-refractivity contribution < 1.29 is 18.3 Å². The van der Waals surface area contributed by atoms with Crippen molar-refractivity contribution >= 4 is 29.5 Å². The lowest BCUT2D eigenvalue weighted by Gasteiger charge is -2.18. The molecule has 0 bridgehead atoms. The van der Waals surface area contributed by atoms with E-state index in [1.54, 1.807) is 26.0 Å². The molecule has 2 aromatic carbocycles. The standard InChI is InChI=1S/C29H40N4O4SSi/c1-29(2,34)22-11-8-12-23(18-22)38(35,36)28-31-27(33(32-28)19-37-15-16-39(3,4)5)30-26-24-13-6-9-20(24)17-21-10-7-14-25(21)26/h8,11-12,17-18,34H,6-7,9-10,13-16,19H2,1-5H3,(H,30,31,32). The molecule has 0 saturated carbocycles. The second kappa shape index (κ2) is 10.5. The fourth-order valence-corrected chi connectivity index (χ4v) is 7.30. The van der Waals surface area contributed by atoms with Gasteiger partial charge in [-0.25, -0.2) is 13.1 Å². The fourth-order valence-electron chi connectivity index (χ4n) is 5.38. The Morgan fingerprint density at radius 3 is 2.33 bits per heavy atom. The summed E-state index contributed by atoms with van der Waals surface area (Å²) in [5.74, 6) is 0.370. The lowest BCUT2D eigenvalue weighted by Crippen LogP contribution is -2.22. The van der Waals surface area contributed by atoms with E-state index in [0.29, 0.717) is 18.1 Å². The molecule has 0 radical (unpaired) electrons. The SMILES string of the molecule is CC(C)(O)c1cccc(S(=O)(=O)c2nc(Nc3c4c(cc5c3CCC5)CCC4)n(COCC[Si](C)(C)C)n2)c1. The number of nitrogens with zero attached hydrogens (tertiary/aromatic N) is 3. The van der Waals surface area contributed by atoms with Crippen LogP contribution in [0.25, 0.3) is 0 Å². The van der Waals surface area contributed by atoms with Crippen LogP contribution in [0.15, 0.2) is 40.4 Å². The molecule has 3 aromatic rings. The third-order valence-electron chi connectivity index (χ3n) is 7.66. The molecule has 0 unspecified atom stereocenters. The molecule has 210 valence electrons. The number of aryl methyl sites for hydroxylation is 2. The van der Waals surface area contributed by atoms with E-state index in [2.05, 4.69) is 41.1 Å². The number of rotatable bonds is 10. The van der Waals surface area contributed by atoms with Crippen LogP contribution in [-0.4, -0.2) is 43.0 Å². The third-order valence-corrected chi connectivity index (χ3v) is 10.9. The number of benzene rings is 2. The van der Waals surface area contributed by atoms with E-state index < -0.39 is 23.5 Å². The van der Waals surface area contributed by atoms with Crippen molar-refractivity contribution in [3.63, 3.8) is 0 Å². The third kappa shape index (κ3) is 5.99. The predicted molar refractivity (Wildman–Crippen MR) is 155 cm³/mol. The Labute approximate surface area is 232 Å². The number of fused-ring (bicyclic) bond motifs is 2. The minimum absolute atomic E-state index is 0.0481. The van der Waals surface area contributed by atoms with Crippen molar-refractivity contribution in [2.75, 3.05) is 11.9 Å². The molecule has 1 aromatic heterocycles. The van der Waals surface area contributed by atoms with Crippen LogP contribution >= 0.6 is 0 Å². The van der Waals surface area contributed by atoms with E-state index >= 15 is 0 Å². The van der Waals surface area contributed by atoms with E-state index in [1.165, 1.54) is 39.1 Å². The molecule has 2 aliphatic rings. The summed E-state index contributed by atoms with van der Waals surface area (Å²) >= 11 is 0. The molecule has 10 heteroatoms. The largest absolute Gasteiger partial charge is 0.386 e. The first-order valence-electron chi connectivity index (χ1n) is 13.9. The molecule has 2 aliphatic carbocycles. The van der Waals surface area contributed by atoms with Gasteiger partial charge < -0.3 is 15.2 Å². The van der Waals surface area contributed by atoms with Crippen LogP contribution in [0.5, 0.6) is 0 Å². The van der Waals surface area contributed by atoms with E-state index in [-0.39, 0.29) is 16.8 Å². The maximum absolute atomic E-state index is 13.7. The van der Waals surface area contributed by atoms with Crippen LogP contribution < -0.4 is 5.32 Å². The first kappa shape index (κ1) is 28.0. The first-order valence-corrected chi connectivity index (χ1v) is 19.1. The number of hydrogen-bond acceptors (Lipinski definition) is 7. The molecule has 0 amide bonds. The Hall–Kier alpha value is -2.53. The summed E-state index contributed by atoms with van der Waals surface area (Å²) in [6.07, 6.45) is 6.39. The van der Waals surface area contributed by atoms with Crippen LogP contribution in [0.1, 0.15) is 54.5 Å². The number of hydrogen-bond donors (Lipinski definition) is 2. The number of sulfone groups is 1. The Kier molecular flexibility index (Phi) is 7.51. The molecule has 2 N–H and O–H groups in total. The van der Waals surface area contributed by atoms with Gasteiger partial charge in [-0.3, -0.25) is 0 Å². The molecule has 0 fully saturated rings. The fraction of sp³-hybridized carbons (Fsp3) is 0.517. The Morgan fingerprint density at radius 1 is 1.05 bits per heavy atom. The van der Waals surface area contributed by atoms with Gasteiger partial charge >= 0.3 is 0 Å². The minimum atomic E-state index is -4.04. The van der Waals surface area contributed by atoms with Crippen molar-refractivity contribution in [2.45, 2.75) is 100 Å². The van der Waals surface area contributed by atoms with Crippen molar-refractivity contribution in [1.82, 2.24) is 14.8 Å². The van der Waals surface area contributed by atoms with Crippen LogP contribution in [-0.2, 0) is 52.6 Å². The number of aromatic nitrogens is 3. The summed E-state index contributed by atoms with van der Waals surface area (Å²) in [5.41, 5.74) is 5.79. The highest BCUT2D eigenvalue weighted by Gasteiger charge is 2.29. The Balaban J connectivity index is 1.52. The van der Waals surface area contributed by atoms with Crippen LogP contribution in [0.2, 0.25) is 25.7 Å². The monoisotopic (exact) mass is 568 g/mol. The van der Waals surface area contributed by atoms with E-state index in [9.17, 15) is 13.5 Å². The first-order chi connectivity index (χ1) is 18.3. The molecular weight excluding hydrogens is 528 g/mol. The molecule has 0 spiro atoms. The average Bonchev–Trinajstić information content (AvgIpc) is 3.60. The highest BCUT2D eigenvalue weighted by Crippen LogP contribution is 2.40. The topological polar surface area (TPSA) is 106 Å². The summed E-state index contributed by atoms with van der Waals surface area (Å²) in [4.78, 5) is 4.59. The highest BCUT2D eigenvalue weighted by molar-refractivity contribution is 7.91. The van der Waals surface area contributed by atoms with Gasteiger partial charge in [0.2, 0.25) is 15.8 Å². The normalized spacial score (nSPS) is 15.4. The maximum atomic E-state index is 13.7. The molecule has 0 atom stereocenters. The molecule has 39 heavy (non-hydrogen) atoms. The zero-order chi connectivity index (χ0) is 28.0. The average molecular weight is 569 g/mol. The quantitative estimate of drug-likeness (QED) is 0.250. The Morgan fingerprint density at radius 2 is 1.72 bits per heavy atom. The van der Waals surface area contributed by atoms with Crippen LogP contribution in [0, 0.1) is 0 Å². The summed E-state index contributed by atoms with van der Waals surface area (Å²) < 4.78 is 34.9. The van der Waals surface area contributed by atoms with Gasteiger partial charge in [0.05, 0.1) is 10.5 Å². The molecular formula is C29H40N4O4SSi. The predicted octanol–water partition coefficient (Wildman–Crippen LogP) is 5.37. The van der Waals surface area contributed by atoms with E-state index in [1.807, 2.05) is 0 Å². The molecule has 5 rings (SSSR count). The van der Waals surface area contributed by atoms with Gasteiger partial charge in [0.15, 0.2) is 0 Å². The number of ether oxygens (including phenoxy) is 1. The van der Waals surface area contributed by atoms with Crippen molar-refractivity contribution in [3.8, 4) is 0 Å². The maximum Gasteiger partial charge on any atom is 0.273 e. The summed E-state index contributed by atoms with van der Waals surface area (Å²) in [6, 6.07) is 9.71. The zero-order valence-corrected chi connectivity index (χ0v) is 25.5. The highest BCUT2D eigenvalue weighted by atomic mass is 32.2. The second-order valence-electron chi connectivity index (χ2n) is 12.5. The lowest BCUT2D eigenvalue weighted by molar-refractivity contribution is 0.0783. The Bertz CT molecular complexity index is 1450. The molecule has 0 saturated heterocycles. The van der Waals surface area contributed by atoms with Crippen molar-refractivity contribution in [1.29, 1.82) is 0 Å². The molecule has 8 nitrogen and oxygen atoms in total. The number of nitrogens with one attached hydrogen (secondary N) is 1. The number of aliphatic hydroxyl groups is 1. The van der Waals surface area contributed by atoms with Gasteiger partial charge in [0, 0.05) is 20.4 Å². The minimum Gasteiger partial charge on any atom is -0.386 e. The van der Waals surface area contributed by atoms with Gasteiger partial charge in [-0.05, 0) is 98.4 Å². The summed E-state index contributed by atoms with van der Waals surface area (Å²) in [7, 11) is -5.32. The summed E-state index contributed by atoms with van der Waals surface area (Å²) in [5, 5.41) is 18.1. The lowest BCUT2D eigenvalue weighted by atomic mass is 9.99. The zero-order valence-electron chi connectivity index (χ0n) is 23.7. The van der Waals surface area contributed by atoms with Crippen LogP contribution in [0.4, 0.5) is 11.6 Å². The second-order valence-corrected chi connectivity index (χ2v) is 20.0. The van der Waals surface area contributed by atoms with Crippen molar-refractivity contribution in [2.24, 2.45) is 0 Å². The van der Waals surface area contributed by atoms with E-state index in [0.717, 1.165) is 50.3 Å². The van der Waals surface area contributed by atoms with Gasteiger partial charge in [-0.1, -0.05) is 37.8 Å². The van der Waals surface area contributed by atoms with Gasteiger partial charge in [0.25, 0.3) is 5.16 Å². The van der Waals surface area contributed by atoms with Gasteiger partial charge in [-0.2, -0.15) is 4.98 Å². The van der Waals surface area contributed by atoms with Gasteiger partial charge in [-0.15, -0.1) is 5.10 Å². The smallest absolute Gasteiger partial charge is 0.273 e. The van der Waals surface area contributed by atoms with Crippen LogP contribution in [0.3, 0.4) is 0 Å². The summed E-state index contributed by atoms with van der Waals surface area (Å²) in [6.45, 7) is 10.8. The molecule has 1 heterocycles. The van der Waals surface area contributed by atoms with Crippen molar-refractivity contribution in [3.05, 3.63) is 58.1 Å². The molecule has 0 aliphatic heterocycles.